The van der Waals surface area contributed by atoms with Crippen LogP contribution in [0, 0.1) is 0 Å². The smallest absolute Gasteiger partial charge is 0.414 e. The average Bonchev–Trinajstić information content (AvgIpc) is 2.34. The predicted octanol–water partition coefficient (Wildman–Crippen LogP) is 5.31. The Bertz CT molecular complexity index is 446. The van der Waals surface area contributed by atoms with E-state index in [9.17, 15) is 4.79 Å². The average molecular weight is 342 g/mol. The summed E-state index contributed by atoms with van der Waals surface area (Å²) < 4.78 is 12.1. The molecule has 1 aliphatic heterocycles. The number of hydrogen-bond acceptors (Lipinski definition) is 3. The van der Waals surface area contributed by atoms with Gasteiger partial charge in [-0.25, -0.2) is 4.79 Å². The highest BCUT2D eigenvalue weighted by Gasteiger charge is 2.41. The van der Waals surface area contributed by atoms with E-state index in [1.54, 1.807) is 4.90 Å². The van der Waals surface area contributed by atoms with Crippen LogP contribution < -0.4 is 0 Å². The molecule has 5 heteroatoms. The van der Waals surface area contributed by atoms with Crippen LogP contribution in [-0.2, 0) is 9.16 Å². The number of ether oxygens (including phenoxy) is 1. The highest BCUT2D eigenvalue weighted by molar-refractivity contribution is 6.74. The van der Waals surface area contributed by atoms with E-state index in [0.29, 0.717) is 0 Å². The van der Waals surface area contributed by atoms with E-state index >= 15 is 0 Å². The van der Waals surface area contributed by atoms with Gasteiger partial charge in [-0.1, -0.05) is 26.8 Å². The normalized spacial score (nSPS) is 21.3. The van der Waals surface area contributed by atoms with E-state index in [0.717, 1.165) is 12.8 Å². The first-order valence-electron chi connectivity index (χ1n) is 8.60. The van der Waals surface area contributed by atoms with Gasteiger partial charge in [0.2, 0.25) is 0 Å². The zero-order chi connectivity index (χ0) is 18.1. The van der Waals surface area contributed by atoms with Gasteiger partial charge in [-0.3, -0.25) is 4.90 Å². The van der Waals surface area contributed by atoms with E-state index in [2.05, 4.69) is 40.8 Å². The third kappa shape index (κ3) is 5.64. The molecule has 0 fully saturated rings. The Kier molecular flexibility index (Phi) is 6.13. The van der Waals surface area contributed by atoms with E-state index in [4.69, 9.17) is 9.16 Å². The predicted molar refractivity (Wildman–Crippen MR) is 98.0 cm³/mol. The van der Waals surface area contributed by atoms with Crippen LogP contribution in [0.15, 0.2) is 12.3 Å². The lowest BCUT2D eigenvalue weighted by Gasteiger charge is -2.43. The number of nitrogens with zero attached hydrogens (tertiary/aromatic N) is 1. The molecule has 0 bridgehead atoms. The molecule has 1 heterocycles. The van der Waals surface area contributed by atoms with Crippen molar-refractivity contribution < 1.29 is 14.0 Å². The highest BCUT2D eigenvalue weighted by Crippen LogP contribution is 2.38. The number of allylic oxidation sites excluding steroid dienone is 1. The van der Waals surface area contributed by atoms with Gasteiger partial charge in [0.25, 0.3) is 0 Å². The van der Waals surface area contributed by atoms with E-state index in [-0.39, 0.29) is 23.3 Å². The molecule has 0 saturated heterocycles. The standard InChI is InChI=1S/C18H35NO3Si/c1-14(22-23(8,9)18(5,6)7)15-12-10-11-13-19(15)16(20)21-17(2,3)4/h11,13-15H,10,12H2,1-9H3/t14-,15?/m0/s1. The van der Waals surface area contributed by atoms with Gasteiger partial charge < -0.3 is 9.16 Å². The minimum absolute atomic E-state index is 0.00615. The lowest BCUT2D eigenvalue weighted by molar-refractivity contribution is 0.00998. The Labute approximate surface area is 143 Å². The summed E-state index contributed by atoms with van der Waals surface area (Å²) in [5.41, 5.74) is -0.490. The topological polar surface area (TPSA) is 38.8 Å². The van der Waals surface area contributed by atoms with Crippen molar-refractivity contribution in [3.63, 3.8) is 0 Å². The first kappa shape index (κ1) is 20.2. The summed E-state index contributed by atoms with van der Waals surface area (Å²) >= 11 is 0. The molecule has 0 saturated carbocycles. The van der Waals surface area contributed by atoms with Crippen molar-refractivity contribution in [2.24, 2.45) is 0 Å². The van der Waals surface area contributed by atoms with Crippen LogP contribution in [-0.4, -0.2) is 37.1 Å². The van der Waals surface area contributed by atoms with Gasteiger partial charge in [-0.2, -0.15) is 0 Å². The molecular weight excluding hydrogens is 306 g/mol. The van der Waals surface area contributed by atoms with Crippen LogP contribution in [0.1, 0.15) is 61.3 Å². The molecule has 1 unspecified atom stereocenters. The zero-order valence-electron chi connectivity index (χ0n) is 16.4. The Morgan fingerprint density at radius 2 is 1.78 bits per heavy atom. The third-order valence-corrected chi connectivity index (χ3v) is 9.26. The monoisotopic (exact) mass is 341 g/mol. The van der Waals surface area contributed by atoms with Crippen molar-refractivity contribution in [3.05, 3.63) is 12.3 Å². The molecule has 23 heavy (non-hydrogen) atoms. The molecule has 1 amide bonds. The maximum atomic E-state index is 12.5. The fourth-order valence-electron chi connectivity index (χ4n) is 2.40. The van der Waals surface area contributed by atoms with Gasteiger partial charge >= 0.3 is 6.09 Å². The largest absolute Gasteiger partial charge is 0.443 e. The first-order chi connectivity index (χ1) is 10.2. The first-order valence-corrected chi connectivity index (χ1v) is 11.5. The maximum Gasteiger partial charge on any atom is 0.414 e. The van der Waals surface area contributed by atoms with Gasteiger partial charge in [0.1, 0.15) is 5.60 Å². The Morgan fingerprint density at radius 3 is 2.26 bits per heavy atom. The molecule has 1 rings (SSSR count). The van der Waals surface area contributed by atoms with Crippen LogP contribution in [0.3, 0.4) is 0 Å². The minimum atomic E-state index is -1.87. The summed E-state index contributed by atoms with van der Waals surface area (Å²) in [5.74, 6) is 0. The van der Waals surface area contributed by atoms with Crippen LogP contribution in [0.25, 0.3) is 0 Å². The molecule has 0 spiro atoms. The number of carbonyl (C=O) groups is 1. The lowest BCUT2D eigenvalue weighted by Crippen LogP contribution is -2.52. The summed E-state index contributed by atoms with van der Waals surface area (Å²) in [6.07, 6.45) is 5.46. The molecule has 0 radical (unpaired) electrons. The highest BCUT2D eigenvalue weighted by atomic mass is 28.4. The number of carbonyl (C=O) groups excluding carboxylic acids is 1. The minimum Gasteiger partial charge on any atom is -0.443 e. The quantitative estimate of drug-likeness (QED) is 0.653. The summed E-state index contributed by atoms with van der Waals surface area (Å²) in [5, 5.41) is 0.155. The molecule has 1 aliphatic rings. The molecule has 0 aromatic carbocycles. The van der Waals surface area contributed by atoms with Crippen molar-refractivity contribution in [2.75, 3.05) is 0 Å². The second-order valence-electron chi connectivity index (χ2n) is 9.00. The maximum absolute atomic E-state index is 12.5. The lowest BCUT2D eigenvalue weighted by atomic mass is 10.0. The second-order valence-corrected chi connectivity index (χ2v) is 13.8. The Morgan fingerprint density at radius 1 is 1.22 bits per heavy atom. The van der Waals surface area contributed by atoms with Gasteiger partial charge in [0.05, 0.1) is 12.1 Å². The van der Waals surface area contributed by atoms with E-state index < -0.39 is 13.9 Å². The van der Waals surface area contributed by atoms with Crippen LogP contribution in [0.2, 0.25) is 18.1 Å². The van der Waals surface area contributed by atoms with Gasteiger partial charge in [0, 0.05) is 6.20 Å². The summed E-state index contributed by atoms with van der Waals surface area (Å²) in [4.78, 5) is 14.2. The number of amides is 1. The molecule has 0 aromatic heterocycles. The van der Waals surface area contributed by atoms with Crippen LogP contribution in [0.5, 0.6) is 0 Å². The number of rotatable bonds is 3. The van der Waals surface area contributed by atoms with Crippen LogP contribution in [0.4, 0.5) is 4.79 Å². The molecule has 0 aliphatic carbocycles. The van der Waals surface area contributed by atoms with Crippen molar-refractivity contribution in [1.82, 2.24) is 4.90 Å². The summed E-state index contributed by atoms with van der Waals surface area (Å²) in [7, 11) is -1.87. The fourth-order valence-corrected chi connectivity index (χ4v) is 3.84. The van der Waals surface area contributed by atoms with E-state index in [1.165, 1.54) is 0 Å². The third-order valence-electron chi connectivity index (χ3n) is 4.69. The zero-order valence-corrected chi connectivity index (χ0v) is 17.4. The van der Waals surface area contributed by atoms with Gasteiger partial charge in [-0.15, -0.1) is 0 Å². The molecular formula is C18H35NO3Si. The van der Waals surface area contributed by atoms with Crippen molar-refractivity contribution >= 4 is 14.4 Å². The van der Waals surface area contributed by atoms with Crippen molar-refractivity contribution in [1.29, 1.82) is 0 Å². The molecule has 0 aromatic rings. The van der Waals surface area contributed by atoms with Crippen LogP contribution >= 0.6 is 0 Å². The number of hydrogen-bond donors (Lipinski definition) is 0. The molecule has 2 atom stereocenters. The van der Waals surface area contributed by atoms with E-state index in [1.807, 2.05) is 33.0 Å². The van der Waals surface area contributed by atoms with Gasteiger partial charge in [0.15, 0.2) is 8.32 Å². The van der Waals surface area contributed by atoms with Gasteiger partial charge in [-0.05, 0) is 58.7 Å². The second kappa shape index (κ2) is 6.97. The molecule has 134 valence electrons. The summed E-state index contributed by atoms with van der Waals surface area (Å²) in [6.45, 7) is 19.0. The van der Waals surface area contributed by atoms with Crippen molar-refractivity contribution in [3.8, 4) is 0 Å². The SMILES string of the molecule is C[C@H](O[Si](C)(C)C(C)(C)C)C1CCC=CN1C(=O)OC(C)(C)C. The Hall–Kier alpha value is -0.813. The molecule has 4 nitrogen and oxygen atoms in total. The Balaban J connectivity index is 2.87. The summed E-state index contributed by atoms with van der Waals surface area (Å²) in [6, 6.07) is 0.0315. The fraction of sp³-hybridized carbons (Fsp3) is 0.833. The molecule has 0 N–H and O–H groups in total. The van der Waals surface area contributed by atoms with Crippen molar-refractivity contribution in [2.45, 2.75) is 97.2 Å².